The zero-order chi connectivity index (χ0) is 21.4. The van der Waals surface area contributed by atoms with Gasteiger partial charge in [-0.05, 0) is 42.8 Å². The standard InChI is InChI=1S/C21H22FNO6/c1-13(21(25)23-15-7-9-18(27-3)19(12-15)28-4)29-20(24)10-6-14-5-8-17(26-2)16(22)11-14/h5-13H,1-4H3,(H,23,25)/b10-6+/t13-/m1/s1. The van der Waals surface area contributed by atoms with E-state index in [9.17, 15) is 14.0 Å². The Morgan fingerprint density at radius 2 is 1.62 bits per heavy atom. The Bertz CT molecular complexity index is 912. The molecule has 0 aliphatic carbocycles. The number of anilines is 1. The van der Waals surface area contributed by atoms with Crippen molar-refractivity contribution in [1.29, 1.82) is 0 Å². The number of rotatable bonds is 8. The Balaban J connectivity index is 1.95. The Morgan fingerprint density at radius 1 is 0.966 bits per heavy atom. The minimum Gasteiger partial charge on any atom is -0.494 e. The van der Waals surface area contributed by atoms with Crippen LogP contribution in [0.4, 0.5) is 10.1 Å². The number of amides is 1. The molecule has 0 saturated heterocycles. The minimum absolute atomic E-state index is 0.102. The lowest BCUT2D eigenvalue weighted by Crippen LogP contribution is -2.29. The fourth-order valence-corrected chi connectivity index (χ4v) is 2.38. The number of hydrogen-bond acceptors (Lipinski definition) is 6. The molecule has 0 unspecified atom stereocenters. The monoisotopic (exact) mass is 403 g/mol. The second kappa shape index (κ2) is 10.1. The van der Waals surface area contributed by atoms with Gasteiger partial charge in [0.1, 0.15) is 0 Å². The Morgan fingerprint density at radius 3 is 2.24 bits per heavy atom. The van der Waals surface area contributed by atoms with Gasteiger partial charge in [0.2, 0.25) is 0 Å². The van der Waals surface area contributed by atoms with Gasteiger partial charge in [-0.2, -0.15) is 0 Å². The van der Waals surface area contributed by atoms with Gasteiger partial charge in [0.15, 0.2) is 29.2 Å². The van der Waals surface area contributed by atoms with Gasteiger partial charge in [0.05, 0.1) is 21.3 Å². The first-order valence-corrected chi connectivity index (χ1v) is 8.63. The highest BCUT2D eigenvalue weighted by molar-refractivity contribution is 5.96. The average molecular weight is 403 g/mol. The van der Waals surface area contributed by atoms with Crippen LogP contribution in [-0.4, -0.2) is 39.3 Å². The van der Waals surface area contributed by atoms with Crippen LogP contribution in [0.1, 0.15) is 12.5 Å². The van der Waals surface area contributed by atoms with Crippen LogP contribution in [0.25, 0.3) is 6.08 Å². The van der Waals surface area contributed by atoms with Crippen molar-refractivity contribution in [3.63, 3.8) is 0 Å². The summed E-state index contributed by atoms with van der Waals surface area (Å²) in [5.74, 6) is -0.740. The number of benzene rings is 2. The smallest absolute Gasteiger partial charge is 0.331 e. The summed E-state index contributed by atoms with van der Waals surface area (Å²) in [6, 6.07) is 9.10. The van der Waals surface area contributed by atoms with E-state index in [1.165, 1.54) is 46.5 Å². The fourth-order valence-electron chi connectivity index (χ4n) is 2.38. The summed E-state index contributed by atoms with van der Waals surface area (Å²) < 4.78 is 33.9. The first kappa shape index (κ1) is 21.7. The molecular formula is C21H22FNO6. The van der Waals surface area contributed by atoms with Crippen molar-refractivity contribution < 1.29 is 32.9 Å². The van der Waals surface area contributed by atoms with Gasteiger partial charge in [0.25, 0.3) is 5.91 Å². The minimum atomic E-state index is -1.05. The molecule has 7 nitrogen and oxygen atoms in total. The summed E-state index contributed by atoms with van der Waals surface area (Å²) in [6.45, 7) is 1.44. The Hall–Kier alpha value is -3.55. The summed E-state index contributed by atoms with van der Waals surface area (Å²) in [5.41, 5.74) is 0.905. The Labute approximate surface area is 168 Å². The van der Waals surface area contributed by atoms with Crippen LogP contribution in [0.5, 0.6) is 17.2 Å². The van der Waals surface area contributed by atoms with Crippen molar-refractivity contribution in [2.75, 3.05) is 26.6 Å². The van der Waals surface area contributed by atoms with Gasteiger partial charge in [-0.25, -0.2) is 9.18 Å². The number of ether oxygens (including phenoxy) is 4. The summed E-state index contributed by atoms with van der Waals surface area (Å²) in [7, 11) is 4.35. The molecule has 29 heavy (non-hydrogen) atoms. The van der Waals surface area contributed by atoms with Crippen LogP contribution >= 0.6 is 0 Å². The molecule has 1 atom stereocenters. The highest BCUT2D eigenvalue weighted by Gasteiger charge is 2.17. The second-order valence-electron chi connectivity index (χ2n) is 5.87. The van der Waals surface area contributed by atoms with Gasteiger partial charge in [-0.3, -0.25) is 4.79 Å². The van der Waals surface area contributed by atoms with Crippen LogP contribution in [0.2, 0.25) is 0 Å². The molecule has 1 N–H and O–H groups in total. The molecule has 2 aromatic carbocycles. The van der Waals surface area contributed by atoms with Gasteiger partial charge >= 0.3 is 5.97 Å². The van der Waals surface area contributed by atoms with Crippen molar-refractivity contribution in [3.8, 4) is 17.2 Å². The molecular weight excluding hydrogens is 381 g/mol. The molecule has 0 spiro atoms. The fraction of sp³-hybridized carbons (Fsp3) is 0.238. The number of esters is 1. The number of methoxy groups -OCH3 is 3. The number of nitrogens with one attached hydrogen (secondary N) is 1. The van der Waals surface area contributed by atoms with E-state index in [-0.39, 0.29) is 5.75 Å². The lowest BCUT2D eigenvalue weighted by Gasteiger charge is -2.14. The highest BCUT2D eigenvalue weighted by atomic mass is 19.1. The van der Waals surface area contributed by atoms with Crippen molar-refractivity contribution in [2.24, 2.45) is 0 Å². The molecule has 2 rings (SSSR count). The van der Waals surface area contributed by atoms with E-state index in [1.54, 1.807) is 24.3 Å². The number of hydrogen-bond donors (Lipinski definition) is 1. The molecule has 0 saturated carbocycles. The summed E-state index contributed by atoms with van der Waals surface area (Å²) >= 11 is 0. The third-order valence-electron chi connectivity index (χ3n) is 3.90. The quantitative estimate of drug-likeness (QED) is 0.537. The predicted octanol–water partition coefficient (Wildman–Crippen LogP) is 3.44. The maximum Gasteiger partial charge on any atom is 0.331 e. The van der Waals surface area contributed by atoms with Gasteiger partial charge in [-0.1, -0.05) is 6.07 Å². The van der Waals surface area contributed by atoms with Crippen molar-refractivity contribution in [1.82, 2.24) is 0 Å². The van der Waals surface area contributed by atoms with E-state index < -0.39 is 23.8 Å². The molecule has 8 heteroatoms. The SMILES string of the molecule is COc1ccc(/C=C/C(=O)O[C@H](C)C(=O)Nc2ccc(OC)c(OC)c2)cc1F. The molecule has 1 amide bonds. The van der Waals surface area contributed by atoms with Crippen LogP contribution in [0.3, 0.4) is 0 Å². The number of carbonyl (C=O) groups excluding carboxylic acids is 2. The second-order valence-corrected chi connectivity index (χ2v) is 5.87. The molecule has 0 aliphatic rings. The first-order valence-electron chi connectivity index (χ1n) is 8.63. The average Bonchev–Trinajstić information content (AvgIpc) is 2.72. The zero-order valence-electron chi connectivity index (χ0n) is 16.5. The van der Waals surface area contributed by atoms with E-state index in [4.69, 9.17) is 18.9 Å². The molecule has 0 heterocycles. The largest absolute Gasteiger partial charge is 0.494 e. The zero-order valence-corrected chi connectivity index (χ0v) is 16.5. The van der Waals surface area contributed by atoms with E-state index >= 15 is 0 Å². The molecule has 0 bridgehead atoms. The topological polar surface area (TPSA) is 83.1 Å². The molecule has 154 valence electrons. The third-order valence-corrected chi connectivity index (χ3v) is 3.90. The third kappa shape index (κ3) is 5.97. The molecule has 2 aromatic rings. The first-order chi connectivity index (χ1) is 13.9. The number of carbonyl (C=O) groups is 2. The van der Waals surface area contributed by atoms with E-state index in [0.29, 0.717) is 22.7 Å². The van der Waals surface area contributed by atoms with Gasteiger partial charge in [0, 0.05) is 17.8 Å². The molecule has 0 fully saturated rings. The number of halogens is 1. The van der Waals surface area contributed by atoms with E-state index in [1.807, 2.05) is 0 Å². The lowest BCUT2D eigenvalue weighted by molar-refractivity contribution is -0.148. The van der Waals surface area contributed by atoms with Gasteiger partial charge in [-0.15, -0.1) is 0 Å². The molecule has 0 radical (unpaired) electrons. The summed E-state index contributed by atoms with van der Waals surface area (Å²) in [4.78, 5) is 24.2. The van der Waals surface area contributed by atoms with Crippen LogP contribution in [-0.2, 0) is 14.3 Å². The van der Waals surface area contributed by atoms with E-state index in [0.717, 1.165) is 6.08 Å². The lowest BCUT2D eigenvalue weighted by atomic mass is 10.2. The van der Waals surface area contributed by atoms with Crippen LogP contribution < -0.4 is 19.5 Å². The summed E-state index contributed by atoms with van der Waals surface area (Å²) in [6.07, 6.45) is 1.44. The maximum absolute atomic E-state index is 13.7. The highest BCUT2D eigenvalue weighted by Crippen LogP contribution is 2.29. The van der Waals surface area contributed by atoms with Crippen LogP contribution in [0, 0.1) is 5.82 Å². The van der Waals surface area contributed by atoms with Gasteiger partial charge < -0.3 is 24.3 Å². The maximum atomic E-state index is 13.7. The Kier molecular flexibility index (Phi) is 7.59. The van der Waals surface area contributed by atoms with Crippen LogP contribution in [0.15, 0.2) is 42.5 Å². The molecule has 0 aromatic heterocycles. The van der Waals surface area contributed by atoms with Crippen molar-refractivity contribution in [3.05, 3.63) is 53.9 Å². The molecule has 0 aliphatic heterocycles. The van der Waals surface area contributed by atoms with Crippen molar-refractivity contribution >= 4 is 23.6 Å². The van der Waals surface area contributed by atoms with Crippen molar-refractivity contribution in [2.45, 2.75) is 13.0 Å². The normalized spacial score (nSPS) is 11.6. The predicted molar refractivity (Wildman–Crippen MR) is 106 cm³/mol. The van der Waals surface area contributed by atoms with E-state index in [2.05, 4.69) is 5.32 Å². The summed E-state index contributed by atoms with van der Waals surface area (Å²) in [5, 5.41) is 2.63.